The zero-order valence-electron chi connectivity index (χ0n) is 11.5. The summed E-state index contributed by atoms with van der Waals surface area (Å²) in [6.45, 7) is 0.612. The first kappa shape index (κ1) is 12.9. The maximum atomic E-state index is 11.9. The first-order valence-electron chi connectivity index (χ1n) is 6.49. The van der Waals surface area contributed by atoms with Crippen LogP contribution in [0.25, 0.3) is 0 Å². The highest BCUT2D eigenvalue weighted by Gasteiger charge is 2.46. The minimum absolute atomic E-state index is 0.285. The van der Waals surface area contributed by atoms with Gasteiger partial charge in [-0.1, -0.05) is 30.3 Å². The third kappa shape index (κ3) is 2.00. The van der Waals surface area contributed by atoms with Crippen molar-refractivity contribution < 1.29 is 4.74 Å². The summed E-state index contributed by atoms with van der Waals surface area (Å²) in [5.41, 5.74) is 0.786. The normalized spacial score (nSPS) is 20.9. The quantitative estimate of drug-likeness (QED) is 0.767. The average molecular weight is 272 g/mol. The molecule has 5 nitrogen and oxygen atoms in total. The van der Waals surface area contributed by atoms with Crippen LogP contribution in [0.4, 0.5) is 0 Å². The van der Waals surface area contributed by atoms with Gasteiger partial charge in [0.25, 0.3) is 5.56 Å². The number of hydrogen-bond acceptors (Lipinski definition) is 3. The van der Waals surface area contributed by atoms with Crippen LogP contribution >= 0.6 is 0 Å². The molecular weight excluding hydrogens is 256 g/mol. The fraction of sp³-hybridized carbons (Fsp3) is 0.333. The summed E-state index contributed by atoms with van der Waals surface area (Å²) in [6.07, 6.45) is 0.527. The molecule has 3 rings (SSSR count). The molecule has 1 fully saturated rings. The van der Waals surface area contributed by atoms with Crippen LogP contribution in [0.3, 0.4) is 0 Å². The molecular formula is C15H16N2O3. The Labute approximate surface area is 116 Å². The second kappa shape index (κ2) is 4.45. The Kier molecular flexibility index (Phi) is 2.87. The molecule has 0 amide bonds. The van der Waals surface area contributed by atoms with E-state index in [0.717, 1.165) is 10.1 Å². The van der Waals surface area contributed by atoms with Crippen LogP contribution in [-0.4, -0.2) is 15.7 Å². The number of rotatable bonds is 3. The molecule has 0 bridgehead atoms. The molecule has 2 aromatic rings. The lowest BCUT2D eigenvalue weighted by atomic mass is 9.95. The maximum absolute atomic E-state index is 11.9. The van der Waals surface area contributed by atoms with Crippen molar-refractivity contribution in [2.24, 2.45) is 14.1 Å². The van der Waals surface area contributed by atoms with Gasteiger partial charge in [0.15, 0.2) is 0 Å². The van der Waals surface area contributed by atoms with E-state index in [9.17, 15) is 9.59 Å². The van der Waals surface area contributed by atoms with Crippen molar-refractivity contribution in [3.8, 4) is 0 Å². The monoisotopic (exact) mass is 272 g/mol. The molecule has 1 aliphatic heterocycles. The zero-order valence-corrected chi connectivity index (χ0v) is 11.5. The van der Waals surface area contributed by atoms with E-state index < -0.39 is 5.60 Å². The molecule has 2 heterocycles. The van der Waals surface area contributed by atoms with E-state index in [-0.39, 0.29) is 11.2 Å². The Morgan fingerprint density at radius 2 is 1.80 bits per heavy atom. The predicted molar refractivity (Wildman–Crippen MR) is 74.7 cm³/mol. The van der Waals surface area contributed by atoms with Crippen LogP contribution in [0.1, 0.15) is 11.3 Å². The lowest BCUT2D eigenvalue weighted by Crippen LogP contribution is -2.38. The molecule has 0 saturated carbocycles. The van der Waals surface area contributed by atoms with E-state index in [2.05, 4.69) is 0 Å². The third-order valence-electron chi connectivity index (χ3n) is 3.88. The lowest BCUT2D eigenvalue weighted by Gasteiger charge is -2.15. The Morgan fingerprint density at radius 3 is 2.40 bits per heavy atom. The van der Waals surface area contributed by atoms with Gasteiger partial charge in [0.05, 0.1) is 6.61 Å². The van der Waals surface area contributed by atoms with Gasteiger partial charge >= 0.3 is 5.69 Å². The molecule has 0 radical (unpaired) electrons. The lowest BCUT2D eigenvalue weighted by molar-refractivity contribution is 0.302. The molecule has 1 aromatic carbocycles. The minimum Gasteiger partial charge on any atom is -0.364 e. The van der Waals surface area contributed by atoms with Crippen LogP contribution in [-0.2, 0) is 30.9 Å². The van der Waals surface area contributed by atoms with Crippen molar-refractivity contribution in [3.05, 3.63) is 68.5 Å². The topological polar surface area (TPSA) is 56.5 Å². The summed E-state index contributed by atoms with van der Waals surface area (Å²) in [7, 11) is 3.16. The molecule has 0 aliphatic carbocycles. The molecule has 1 aliphatic rings. The molecule has 1 aromatic heterocycles. The van der Waals surface area contributed by atoms with Crippen molar-refractivity contribution in [1.82, 2.24) is 9.13 Å². The summed E-state index contributed by atoms with van der Waals surface area (Å²) in [5.74, 6) is 0. The second-order valence-electron chi connectivity index (χ2n) is 5.20. The van der Waals surface area contributed by atoms with Gasteiger partial charge in [-0.05, 0) is 5.56 Å². The van der Waals surface area contributed by atoms with Crippen LogP contribution in [0.5, 0.6) is 0 Å². The standard InChI is InChI=1S/C15H16N2O3/c1-16-12(8-13(18)17(2)14(16)19)9-15(10-20-15)11-6-4-3-5-7-11/h3-8H,9-10H2,1-2H3/t15-/m0/s1. The number of benzene rings is 1. The number of ether oxygens (including phenoxy) is 1. The summed E-state index contributed by atoms with van der Waals surface area (Å²) >= 11 is 0. The molecule has 5 heteroatoms. The molecule has 0 unspecified atom stereocenters. The summed E-state index contributed by atoms with van der Waals surface area (Å²) in [5, 5.41) is 0. The van der Waals surface area contributed by atoms with E-state index in [1.807, 2.05) is 30.3 Å². The predicted octanol–water partition coefficient (Wildman–Crippen LogP) is 0.552. The maximum Gasteiger partial charge on any atom is 0.330 e. The number of nitrogens with zero attached hydrogens (tertiary/aromatic N) is 2. The van der Waals surface area contributed by atoms with E-state index >= 15 is 0 Å². The van der Waals surface area contributed by atoms with Crippen molar-refractivity contribution in [2.75, 3.05) is 6.61 Å². The Hall–Kier alpha value is -2.14. The molecule has 104 valence electrons. The van der Waals surface area contributed by atoms with E-state index in [1.54, 1.807) is 7.05 Å². The second-order valence-corrected chi connectivity index (χ2v) is 5.20. The van der Waals surface area contributed by atoms with Gasteiger partial charge in [0, 0.05) is 32.3 Å². The highest BCUT2D eigenvalue weighted by Crippen LogP contribution is 2.41. The van der Waals surface area contributed by atoms with Crippen LogP contribution < -0.4 is 11.2 Å². The minimum atomic E-state index is -0.391. The van der Waals surface area contributed by atoms with Gasteiger partial charge in [0.2, 0.25) is 0 Å². The SMILES string of the molecule is Cn1c(C[C@@]2(c3ccccc3)CO2)cc(=O)n(C)c1=O. The zero-order chi connectivity index (χ0) is 14.3. The molecule has 0 spiro atoms. The first-order valence-corrected chi connectivity index (χ1v) is 6.49. The number of aromatic nitrogens is 2. The largest absolute Gasteiger partial charge is 0.364 e. The van der Waals surface area contributed by atoms with Crippen molar-refractivity contribution >= 4 is 0 Å². The Morgan fingerprint density at radius 1 is 1.15 bits per heavy atom. The highest BCUT2D eigenvalue weighted by molar-refractivity contribution is 5.29. The summed E-state index contributed by atoms with van der Waals surface area (Å²) in [6, 6.07) is 11.4. The van der Waals surface area contributed by atoms with Gasteiger partial charge in [-0.15, -0.1) is 0 Å². The number of hydrogen-bond donors (Lipinski definition) is 0. The van der Waals surface area contributed by atoms with Crippen LogP contribution in [0.15, 0.2) is 46.0 Å². The summed E-state index contributed by atoms with van der Waals surface area (Å²) < 4.78 is 8.24. The Balaban J connectivity index is 2.01. The van der Waals surface area contributed by atoms with Gasteiger partial charge in [-0.3, -0.25) is 9.36 Å². The number of epoxide rings is 1. The first-order chi connectivity index (χ1) is 9.53. The third-order valence-corrected chi connectivity index (χ3v) is 3.88. The van der Waals surface area contributed by atoms with Crippen molar-refractivity contribution in [1.29, 1.82) is 0 Å². The van der Waals surface area contributed by atoms with Crippen molar-refractivity contribution in [3.63, 3.8) is 0 Å². The molecule has 20 heavy (non-hydrogen) atoms. The fourth-order valence-corrected chi connectivity index (χ4v) is 2.44. The summed E-state index contributed by atoms with van der Waals surface area (Å²) in [4.78, 5) is 23.7. The van der Waals surface area contributed by atoms with Gasteiger partial charge < -0.3 is 9.30 Å². The van der Waals surface area contributed by atoms with E-state index in [0.29, 0.717) is 18.7 Å². The molecule has 1 atom stereocenters. The van der Waals surface area contributed by atoms with Crippen LogP contribution in [0, 0.1) is 0 Å². The van der Waals surface area contributed by atoms with E-state index in [1.165, 1.54) is 17.7 Å². The molecule has 0 N–H and O–H groups in total. The van der Waals surface area contributed by atoms with Gasteiger partial charge in [0.1, 0.15) is 5.60 Å². The molecule has 1 saturated heterocycles. The Bertz CT molecular complexity index is 755. The smallest absolute Gasteiger partial charge is 0.330 e. The van der Waals surface area contributed by atoms with Crippen LogP contribution in [0.2, 0.25) is 0 Å². The van der Waals surface area contributed by atoms with Crippen molar-refractivity contribution in [2.45, 2.75) is 12.0 Å². The van der Waals surface area contributed by atoms with Gasteiger partial charge in [-0.25, -0.2) is 4.79 Å². The van der Waals surface area contributed by atoms with Gasteiger partial charge in [-0.2, -0.15) is 0 Å². The average Bonchev–Trinajstić information content (AvgIpc) is 3.24. The van der Waals surface area contributed by atoms with E-state index in [4.69, 9.17) is 4.74 Å². The highest BCUT2D eigenvalue weighted by atomic mass is 16.6. The fourth-order valence-electron chi connectivity index (χ4n) is 2.44.